The highest BCUT2D eigenvalue weighted by molar-refractivity contribution is 7.30. The molecular formula is C27H36N2S3Si. The quantitative estimate of drug-likeness (QED) is 0.242. The molecule has 0 N–H and O–H groups in total. The second kappa shape index (κ2) is 10.1. The monoisotopic (exact) mass is 512 g/mol. The molecule has 5 rings (SSSR count). The van der Waals surface area contributed by atoms with Crippen LogP contribution in [0, 0.1) is 19.8 Å². The number of thiophene rings is 2. The lowest BCUT2D eigenvalue weighted by atomic mass is 9.97. The summed E-state index contributed by atoms with van der Waals surface area (Å²) in [6.45, 7) is 16.2. The summed E-state index contributed by atoms with van der Waals surface area (Å²) in [5.74, 6) is 1.00. The molecule has 33 heavy (non-hydrogen) atoms. The van der Waals surface area contributed by atoms with Crippen LogP contribution in [0.3, 0.4) is 0 Å². The Kier molecular flexibility index (Phi) is 7.58. The van der Waals surface area contributed by atoms with Crippen molar-refractivity contribution in [3.8, 4) is 20.2 Å². The Morgan fingerprint density at radius 1 is 0.879 bits per heavy atom. The van der Waals surface area contributed by atoms with Gasteiger partial charge in [0.05, 0.1) is 11.7 Å². The van der Waals surface area contributed by atoms with Gasteiger partial charge in [-0.1, -0.05) is 78.1 Å². The van der Waals surface area contributed by atoms with Crippen LogP contribution in [-0.4, -0.2) is 16.8 Å². The molecule has 0 spiro atoms. The fourth-order valence-electron chi connectivity index (χ4n) is 4.83. The number of benzene rings is 1. The first-order chi connectivity index (χ1) is 15.8. The second-order valence-electron chi connectivity index (χ2n) is 9.79. The summed E-state index contributed by atoms with van der Waals surface area (Å²) in [4.78, 5) is 5.81. The van der Waals surface area contributed by atoms with Crippen molar-refractivity contribution >= 4 is 63.9 Å². The third-order valence-corrected chi connectivity index (χ3v) is 13.9. The average Bonchev–Trinajstić information content (AvgIpc) is 3.55. The Morgan fingerprint density at radius 3 is 2.24 bits per heavy atom. The highest BCUT2D eigenvalue weighted by atomic mass is 32.1. The van der Waals surface area contributed by atoms with E-state index in [1.165, 1.54) is 74.5 Å². The van der Waals surface area contributed by atoms with E-state index in [1.54, 1.807) is 10.4 Å². The summed E-state index contributed by atoms with van der Waals surface area (Å²) in [5, 5.41) is 3.22. The van der Waals surface area contributed by atoms with Gasteiger partial charge in [-0.3, -0.25) is 0 Å². The summed E-state index contributed by atoms with van der Waals surface area (Å²) >= 11 is 5.21. The van der Waals surface area contributed by atoms with Gasteiger partial charge in [-0.15, -0.1) is 22.7 Å². The molecular weight excluding hydrogens is 477 g/mol. The molecule has 0 unspecified atom stereocenters. The molecule has 0 radical (unpaired) electrons. The number of fused-ring (bicyclic) bond motifs is 4. The van der Waals surface area contributed by atoms with Crippen molar-refractivity contribution in [3.63, 3.8) is 0 Å². The lowest BCUT2D eigenvalue weighted by Gasteiger charge is -2.16. The van der Waals surface area contributed by atoms with Gasteiger partial charge >= 0.3 is 0 Å². The molecule has 1 aromatic carbocycles. The zero-order valence-corrected chi connectivity index (χ0v) is 24.5. The minimum atomic E-state index is -1.55. The fourth-order valence-corrected chi connectivity index (χ4v) is 12.6. The minimum absolute atomic E-state index is 1.00. The van der Waals surface area contributed by atoms with Crippen LogP contribution >= 0.6 is 34.4 Å². The summed E-state index contributed by atoms with van der Waals surface area (Å²) in [7, 11) is -1.55. The molecule has 0 saturated carbocycles. The predicted molar refractivity (Wildman–Crippen MR) is 154 cm³/mol. The van der Waals surface area contributed by atoms with E-state index in [4.69, 9.17) is 0 Å². The van der Waals surface area contributed by atoms with Crippen LogP contribution in [-0.2, 0) is 0 Å². The van der Waals surface area contributed by atoms with Gasteiger partial charge in [-0.25, -0.2) is 0 Å². The highest BCUT2D eigenvalue weighted by Gasteiger charge is 2.40. The lowest BCUT2D eigenvalue weighted by Crippen LogP contribution is -2.48. The van der Waals surface area contributed by atoms with Crippen molar-refractivity contribution < 1.29 is 0 Å². The first kappa shape index (κ1) is 24.8. The molecule has 176 valence electrons. The second-order valence-corrected chi connectivity index (χ2v) is 17.0. The van der Waals surface area contributed by atoms with Gasteiger partial charge in [0, 0.05) is 25.1 Å². The van der Waals surface area contributed by atoms with E-state index in [2.05, 4.69) is 80.7 Å². The van der Waals surface area contributed by atoms with Crippen LogP contribution in [0.5, 0.6) is 0 Å². The highest BCUT2D eigenvalue weighted by Crippen LogP contribution is 2.43. The number of nitrogens with zero attached hydrogens (tertiary/aromatic N) is 2. The molecule has 0 bridgehead atoms. The van der Waals surface area contributed by atoms with Gasteiger partial charge in [-0.05, 0) is 47.8 Å². The van der Waals surface area contributed by atoms with Crippen molar-refractivity contribution in [2.45, 2.75) is 79.8 Å². The number of aromatic nitrogens is 2. The summed E-state index contributed by atoms with van der Waals surface area (Å²) in [5.41, 5.74) is 4.55. The molecule has 6 heteroatoms. The molecule has 4 heterocycles. The van der Waals surface area contributed by atoms with E-state index in [-0.39, 0.29) is 0 Å². The molecule has 0 atom stereocenters. The van der Waals surface area contributed by atoms with E-state index in [1.807, 2.05) is 22.7 Å². The molecule has 0 saturated heterocycles. The lowest BCUT2D eigenvalue weighted by molar-refractivity contribution is 0.438. The fraction of sp³-hybridized carbons (Fsp3) is 0.481. The number of hydrogen-bond donors (Lipinski definition) is 0. The zero-order valence-electron chi connectivity index (χ0n) is 21.0. The van der Waals surface area contributed by atoms with Crippen LogP contribution in [0.1, 0.15) is 63.3 Å². The molecule has 0 fully saturated rings. The Bertz CT molecular complexity index is 1240. The maximum atomic E-state index is 4.57. The van der Waals surface area contributed by atoms with Crippen LogP contribution in [0.4, 0.5) is 0 Å². The standard InChI is InChI=1S/C18H16N2S3Si.C9H20/c1-9-5-6-11(16-15(9)19-23-20-16)12-8-14-18(22-12)17-13(24(14,3)4)7-10(2)21-17;1-4-7-8-9(5-2)6-3/h5-8H,1-4H3;9H,4-8H2,1-3H3. The number of unbranched alkanes of at least 4 members (excludes halogenated alkanes) is 1. The summed E-state index contributed by atoms with van der Waals surface area (Å²) in [6.07, 6.45) is 6.97. The molecule has 1 aliphatic rings. The van der Waals surface area contributed by atoms with Crippen molar-refractivity contribution in [1.82, 2.24) is 8.75 Å². The van der Waals surface area contributed by atoms with Crippen molar-refractivity contribution in [2.24, 2.45) is 5.92 Å². The van der Waals surface area contributed by atoms with Gasteiger partial charge in [0.1, 0.15) is 19.1 Å². The number of hydrogen-bond acceptors (Lipinski definition) is 5. The van der Waals surface area contributed by atoms with E-state index >= 15 is 0 Å². The molecule has 2 nitrogen and oxygen atoms in total. The molecule has 3 aromatic heterocycles. The third-order valence-electron chi connectivity index (χ3n) is 7.14. The molecule has 0 aliphatic carbocycles. The van der Waals surface area contributed by atoms with Crippen LogP contribution in [0.15, 0.2) is 24.3 Å². The molecule has 1 aliphatic heterocycles. The topological polar surface area (TPSA) is 25.8 Å². The van der Waals surface area contributed by atoms with E-state index in [0.29, 0.717) is 0 Å². The Balaban J connectivity index is 0.000000248. The molecule has 4 aromatic rings. The van der Waals surface area contributed by atoms with Crippen LogP contribution in [0.2, 0.25) is 13.1 Å². The third kappa shape index (κ3) is 4.64. The minimum Gasteiger partial charge on any atom is -0.173 e. The Labute approximate surface area is 212 Å². The predicted octanol–water partition coefficient (Wildman–Crippen LogP) is 8.51. The maximum Gasteiger partial charge on any atom is 0.116 e. The zero-order chi connectivity index (χ0) is 23.8. The summed E-state index contributed by atoms with van der Waals surface area (Å²) in [6, 6.07) is 9.26. The Hall–Kier alpha value is -1.34. The normalized spacial score (nSPS) is 13.8. The van der Waals surface area contributed by atoms with Crippen molar-refractivity contribution in [1.29, 1.82) is 0 Å². The maximum absolute atomic E-state index is 4.57. The van der Waals surface area contributed by atoms with Crippen LogP contribution in [0.25, 0.3) is 31.2 Å². The average molecular weight is 513 g/mol. The largest absolute Gasteiger partial charge is 0.173 e. The number of rotatable bonds is 6. The number of aryl methyl sites for hydroxylation is 2. The smallest absolute Gasteiger partial charge is 0.116 e. The van der Waals surface area contributed by atoms with Crippen molar-refractivity contribution in [3.05, 3.63) is 34.7 Å². The first-order valence-corrected chi connectivity index (χ1v) is 17.7. The van der Waals surface area contributed by atoms with E-state index in [9.17, 15) is 0 Å². The van der Waals surface area contributed by atoms with Gasteiger partial charge in [0.15, 0.2) is 0 Å². The first-order valence-electron chi connectivity index (χ1n) is 12.3. The van der Waals surface area contributed by atoms with Crippen molar-refractivity contribution in [2.75, 3.05) is 0 Å². The van der Waals surface area contributed by atoms with Gasteiger partial charge in [0.25, 0.3) is 0 Å². The van der Waals surface area contributed by atoms with E-state index in [0.717, 1.165) is 17.0 Å². The van der Waals surface area contributed by atoms with Crippen LogP contribution < -0.4 is 10.4 Å². The summed E-state index contributed by atoms with van der Waals surface area (Å²) < 4.78 is 9.06. The molecule has 0 amide bonds. The van der Waals surface area contributed by atoms with Gasteiger partial charge < -0.3 is 0 Å². The van der Waals surface area contributed by atoms with E-state index < -0.39 is 8.07 Å². The van der Waals surface area contributed by atoms with Gasteiger partial charge in [-0.2, -0.15) is 8.75 Å². The Morgan fingerprint density at radius 2 is 1.55 bits per heavy atom. The van der Waals surface area contributed by atoms with Gasteiger partial charge in [0.2, 0.25) is 0 Å². The SMILES string of the molecule is CCCCC(CC)CC.Cc1cc2c(s1)-c1sc(-c3ccc(C)c4nsnc34)cc1[Si]2(C)C.